The van der Waals surface area contributed by atoms with E-state index in [2.05, 4.69) is 27.4 Å². The molecule has 1 saturated heterocycles. The molecule has 0 bridgehead atoms. The lowest BCUT2D eigenvalue weighted by atomic mass is 9.99. The predicted molar refractivity (Wildman–Crippen MR) is 109 cm³/mol. The molecular weight excluding hydrogens is 328 g/mol. The van der Waals surface area contributed by atoms with Gasteiger partial charge in [-0.3, -0.25) is 4.99 Å². The molecule has 1 aromatic rings. The van der Waals surface area contributed by atoms with Gasteiger partial charge in [-0.1, -0.05) is 6.92 Å². The minimum absolute atomic E-state index is 0.599. The van der Waals surface area contributed by atoms with Gasteiger partial charge >= 0.3 is 0 Å². The second kappa shape index (κ2) is 10.9. The number of ether oxygens (including phenoxy) is 2. The monoisotopic (exact) mass is 362 g/mol. The fraction of sp³-hybridized carbons (Fsp3) is 0.650. The molecule has 6 nitrogen and oxygen atoms in total. The normalized spacial score (nSPS) is 16.4. The molecule has 1 fully saturated rings. The smallest absolute Gasteiger partial charge is 0.195 e. The molecule has 26 heavy (non-hydrogen) atoms. The van der Waals surface area contributed by atoms with Gasteiger partial charge in [0.2, 0.25) is 0 Å². The fourth-order valence-corrected chi connectivity index (χ4v) is 3.13. The highest BCUT2D eigenvalue weighted by atomic mass is 16.5. The third-order valence-electron chi connectivity index (χ3n) is 4.77. The van der Waals surface area contributed by atoms with Crippen LogP contribution in [0.15, 0.2) is 23.2 Å². The van der Waals surface area contributed by atoms with E-state index in [0.29, 0.717) is 6.61 Å². The van der Waals surface area contributed by atoms with E-state index in [9.17, 15) is 0 Å². The lowest BCUT2D eigenvalue weighted by molar-refractivity contribution is 0.191. The summed E-state index contributed by atoms with van der Waals surface area (Å²) in [6.45, 7) is 9.43. The number of benzene rings is 1. The lowest BCUT2D eigenvalue weighted by Gasteiger charge is -2.30. The minimum atomic E-state index is 0.599. The van der Waals surface area contributed by atoms with Crippen LogP contribution in [0.3, 0.4) is 0 Å². The number of nitrogens with zero attached hydrogens (tertiary/aromatic N) is 2. The van der Waals surface area contributed by atoms with Gasteiger partial charge in [0.15, 0.2) is 17.5 Å². The Hall–Kier alpha value is -1.95. The van der Waals surface area contributed by atoms with Crippen LogP contribution in [-0.2, 0) is 0 Å². The Balaban J connectivity index is 1.77. The summed E-state index contributed by atoms with van der Waals surface area (Å²) in [7, 11) is 3.43. The molecule has 2 N–H and O–H groups in total. The summed E-state index contributed by atoms with van der Waals surface area (Å²) in [4.78, 5) is 6.87. The average Bonchev–Trinajstić information content (AvgIpc) is 2.66. The number of piperidine rings is 1. The summed E-state index contributed by atoms with van der Waals surface area (Å²) >= 11 is 0. The van der Waals surface area contributed by atoms with Crippen LogP contribution in [0.4, 0.5) is 5.69 Å². The minimum Gasteiger partial charge on any atom is -0.493 e. The van der Waals surface area contributed by atoms with Crippen molar-refractivity contribution in [1.82, 2.24) is 10.2 Å². The van der Waals surface area contributed by atoms with Crippen molar-refractivity contribution >= 4 is 11.6 Å². The Morgan fingerprint density at radius 3 is 2.69 bits per heavy atom. The topological polar surface area (TPSA) is 58.1 Å². The highest BCUT2D eigenvalue weighted by Crippen LogP contribution is 2.30. The maximum Gasteiger partial charge on any atom is 0.195 e. The predicted octanol–water partition coefficient (Wildman–Crippen LogP) is 3.20. The SMILES string of the molecule is CCOc1cc(NC(=NC)NCCCN2CCC(C)CC2)ccc1OC. The first-order chi connectivity index (χ1) is 12.7. The molecule has 146 valence electrons. The van der Waals surface area contributed by atoms with Gasteiger partial charge in [0.25, 0.3) is 0 Å². The molecule has 0 aliphatic carbocycles. The summed E-state index contributed by atoms with van der Waals surface area (Å²) in [5.41, 5.74) is 0.923. The van der Waals surface area contributed by atoms with E-state index < -0.39 is 0 Å². The Bertz CT molecular complexity index is 569. The van der Waals surface area contributed by atoms with E-state index in [1.807, 2.05) is 25.1 Å². The molecule has 0 amide bonds. The summed E-state index contributed by atoms with van der Waals surface area (Å²) < 4.78 is 11.0. The van der Waals surface area contributed by atoms with Crippen molar-refractivity contribution in [3.8, 4) is 11.5 Å². The second-order valence-corrected chi connectivity index (χ2v) is 6.80. The summed E-state index contributed by atoms with van der Waals surface area (Å²) in [6, 6.07) is 5.80. The highest BCUT2D eigenvalue weighted by molar-refractivity contribution is 5.93. The lowest BCUT2D eigenvalue weighted by Crippen LogP contribution is -2.36. The van der Waals surface area contributed by atoms with Crippen molar-refractivity contribution in [2.75, 3.05) is 52.3 Å². The molecule has 1 heterocycles. The third-order valence-corrected chi connectivity index (χ3v) is 4.77. The van der Waals surface area contributed by atoms with Crippen molar-refractivity contribution < 1.29 is 9.47 Å². The quantitative estimate of drug-likeness (QED) is 0.422. The molecule has 0 aromatic heterocycles. The van der Waals surface area contributed by atoms with Gasteiger partial charge in [-0.2, -0.15) is 0 Å². The number of rotatable bonds is 8. The standard InChI is InChI=1S/C20H34N4O2/c1-5-26-19-15-17(7-8-18(19)25-4)23-20(21-3)22-11-6-12-24-13-9-16(2)10-14-24/h7-8,15-16H,5-6,9-14H2,1-4H3,(H2,21,22,23). The zero-order valence-electron chi connectivity index (χ0n) is 16.7. The number of likely N-dealkylation sites (tertiary alicyclic amines) is 1. The molecular formula is C20H34N4O2. The Morgan fingerprint density at radius 2 is 2.04 bits per heavy atom. The maximum atomic E-state index is 5.63. The number of aliphatic imine (C=N–C) groups is 1. The molecule has 1 aliphatic heterocycles. The van der Waals surface area contributed by atoms with Crippen molar-refractivity contribution in [3.63, 3.8) is 0 Å². The second-order valence-electron chi connectivity index (χ2n) is 6.80. The third kappa shape index (κ3) is 6.41. The number of nitrogens with one attached hydrogen (secondary N) is 2. The van der Waals surface area contributed by atoms with Crippen LogP contribution >= 0.6 is 0 Å². The van der Waals surface area contributed by atoms with Crippen LogP contribution in [0.25, 0.3) is 0 Å². The Kier molecular flexibility index (Phi) is 8.54. The molecule has 1 aliphatic rings. The molecule has 2 rings (SSSR count). The van der Waals surface area contributed by atoms with Crippen LogP contribution in [-0.4, -0.2) is 57.8 Å². The first-order valence-electron chi connectivity index (χ1n) is 9.67. The van der Waals surface area contributed by atoms with E-state index in [1.165, 1.54) is 25.9 Å². The number of guanidine groups is 1. The Morgan fingerprint density at radius 1 is 1.27 bits per heavy atom. The molecule has 0 saturated carbocycles. The maximum absolute atomic E-state index is 5.63. The van der Waals surface area contributed by atoms with Gasteiger partial charge in [0.05, 0.1) is 13.7 Å². The van der Waals surface area contributed by atoms with E-state index in [0.717, 1.165) is 48.6 Å². The van der Waals surface area contributed by atoms with E-state index in [4.69, 9.17) is 9.47 Å². The number of anilines is 1. The highest BCUT2D eigenvalue weighted by Gasteiger charge is 2.14. The number of hydrogen-bond acceptors (Lipinski definition) is 4. The van der Waals surface area contributed by atoms with Gasteiger partial charge < -0.3 is 25.0 Å². The van der Waals surface area contributed by atoms with Crippen molar-refractivity contribution in [3.05, 3.63) is 18.2 Å². The van der Waals surface area contributed by atoms with Crippen LogP contribution in [0.2, 0.25) is 0 Å². The zero-order valence-corrected chi connectivity index (χ0v) is 16.7. The summed E-state index contributed by atoms with van der Waals surface area (Å²) in [5.74, 6) is 3.12. The zero-order chi connectivity index (χ0) is 18.8. The molecule has 0 atom stereocenters. The van der Waals surface area contributed by atoms with Crippen molar-refractivity contribution in [2.24, 2.45) is 10.9 Å². The van der Waals surface area contributed by atoms with Crippen LogP contribution in [0, 0.1) is 5.92 Å². The van der Waals surface area contributed by atoms with Crippen LogP contribution in [0.5, 0.6) is 11.5 Å². The number of hydrogen-bond donors (Lipinski definition) is 2. The molecule has 0 radical (unpaired) electrons. The summed E-state index contributed by atoms with van der Waals surface area (Å²) in [5, 5.41) is 6.70. The van der Waals surface area contributed by atoms with E-state index >= 15 is 0 Å². The fourth-order valence-electron chi connectivity index (χ4n) is 3.13. The average molecular weight is 363 g/mol. The molecule has 0 unspecified atom stereocenters. The molecule has 6 heteroatoms. The van der Waals surface area contributed by atoms with Gasteiger partial charge in [-0.05, 0) is 63.9 Å². The van der Waals surface area contributed by atoms with Crippen LogP contribution < -0.4 is 20.1 Å². The first kappa shape index (κ1) is 20.4. The van der Waals surface area contributed by atoms with Gasteiger partial charge in [-0.25, -0.2) is 0 Å². The van der Waals surface area contributed by atoms with Gasteiger partial charge in [-0.15, -0.1) is 0 Å². The van der Waals surface area contributed by atoms with E-state index in [-0.39, 0.29) is 0 Å². The van der Waals surface area contributed by atoms with Crippen LogP contribution in [0.1, 0.15) is 33.1 Å². The van der Waals surface area contributed by atoms with E-state index in [1.54, 1.807) is 14.2 Å². The van der Waals surface area contributed by atoms with Gasteiger partial charge in [0, 0.05) is 25.3 Å². The largest absolute Gasteiger partial charge is 0.493 e. The van der Waals surface area contributed by atoms with Crippen molar-refractivity contribution in [1.29, 1.82) is 0 Å². The first-order valence-corrected chi connectivity index (χ1v) is 9.67. The van der Waals surface area contributed by atoms with Crippen molar-refractivity contribution in [2.45, 2.75) is 33.1 Å². The molecule has 0 spiro atoms. The number of methoxy groups -OCH3 is 1. The molecule has 1 aromatic carbocycles. The van der Waals surface area contributed by atoms with Gasteiger partial charge in [0.1, 0.15) is 0 Å². The summed E-state index contributed by atoms with van der Waals surface area (Å²) in [6.07, 6.45) is 3.77. The Labute approximate surface area is 158 Å².